The number of aliphatic hydroxyl groups excluding tert-OH is 1. The van der Waals surface area contributed by atoms with Gasteiger partial charge in [-0.15, -0.1) is 0 Å². The van der Waals surface area contributed by atoms with E-state index in [1.54, 1.807) is 37.3 Å². The van der Waals surface area contributed by atoms with Crippen molar-refractivity contribution in [2.75, 3.05) is 24.7 Å². The molecule has 1 saturated heterocycles. The largest absolute Gasteiger partial charge is 2.00 e. The molecule has 9 atom stereocenters. The first-order chi connectivity index (χ1) is 37.2. The molecular weight excluding hydrogens is 1070 g/mol. The van der Waals surface area contributed by atoms with E-state index in [2.05, 4.69) is 47.8 Å². The molecule has 3 aromatic carbocycles. The number of aliphatic hydroxyl groups is 1. The third-order valence-electron chi connectivity index (χ3n) is 13.2. The van der Waals surface area contributed by atoms with Crippen molar-refractivity contribution >= 4 is 75.8 Å². The number of nitrogens with two attached hydrogens (primary N) is 5. The second-order valence-corrected chi connectivity index (χ2v) is 18.9. The number of primary amides is 4. The SMILES string of the molecule is CC[C@H](C)[C@H](NC(=O)[C@H](CC(N)=O)NC(=O)[C@H](CC(N)=O)NC(=O)[C@@H](N)CCCNC(N)=O)C(=O)N1CC(C2=CN(c3cc[cH-]c3)NN2)C[C@H]1C(=O)N[C@H](Cc1c[nH]c2ccccc12)C(=O)N[C@@H](CO)C(N)=O.[Fe+2].c1cc[cH-]c1. The minimum atomic E-state index is -1.77. The molecule has 0 bridgehead atoms. The number of para-hydroxylation sites is 1. The van der Waals surface area contributed by atoms with Crippen molar-refractivity contribution < 1.29 is 70.1 Å². The number of amides is 11. The van der Waals surface area contributed by atoms with Crippen LogP contribution in [-0.4, -0.2) is 136 Å². The van der Waals surface area contributed by atoms with Crippen LogP contribution in [0.15, 0.2) is 97.0 Å². The number of nitrogens with zero attached hydrogens (tertiary/aromatic N) is 2. The van der Waals surface area contributed by atoms with Crippen LogP contribution < -0.4 is 76.5 Å². The zero-order valence-electron chi connectivity index (χ0n) is 43.6. The first-order valence-corrected chi connectivity index (χ1v) is 25.2. The zero-order chi connectivity index (χ0) is 57.1. The van der Waals surface area contributed by atoms with E-state index in [1.807, 2.05) is 72.8 Å². The van der Waals surface area contributed by atoms with Gasteiger partial charge >= 0.3 is 23.1 Å². The van der Waals surface area contributed by atoms with E-state index in [1.165, 1.54) is 4.90 Å². The van der Waals surface area contributed by atoms with Gasteiger partial charge in [0.05, 0.1) is 25.5 Å². The summed E-state index contributed by atoms with van der Waals surface area (Å²) in [7, 11) is 0. The summed E-state index contributed by atoms with van der Waals surface area (Å²) in [6, 6.07) is 13.5. The van der Waals surface area contributed by atoms with Crippen molar-refractivity contribution in [3.05, 3.63) is 103 Å². The molecule has 20 N–H and O–H groups in total. The smallest absolute Gasteiger partial charge is 0.394 e. The Bertz CT molecular complexity index is 2740. The van der Waals surface area contributed by atoms with Crippen LogP contribution in [0.5, 0.6) is 0 Å². The summed E-state index contributed by atoms with van der Waals surface area (Å²) in [6.07, 6.45) is 2.27. The molecule has 0 radical (unpaired) electrons. The number of benzene rings is 1. The number of carbonyl (C=O) groups is 10. The molecule has 6 rings (SSSR count). The van der Waals surface area contributed by atoms with Crippen molar-refractivity contribution in [3.8, 4) is 0 Å². The van der Waals surface area contributed by atoms with Crippen LogP contribution in [0.4, 0.5) is 10.5 Å². The van der Waals surface area contributed by atoms with Crippen LogP contribution in [0.25, 0.3) is 10.9 Å². The van der Waals surface area contributed by atoms with E-state index in [4.69, 9.17) is 28.7 Å². The van der Waals surface area contributed by atoms with E-state index >= 15 is 4.79 Å². The van der Waals surface area contributed by atoms with Gasteiger partial charge in [-0.1, -0.05) is 44.2 Å². The Hall–Kier alpha value is -8.30. The molecule has 1 aromatic heterocycles. The van der Waals surface area contributed by atoms with Crippen LogP contribution >= 0.6 is 0 Å². The number of H-pyrrole nitrogens is 1. The fourth-order valence-electron chi connectivity index (χ4n) is 8.70. The van der Waals surface area contributed by atoms with Crippen LogP contribution in [-0.2, 0) is 66.6 Å². The van der Waals surface area contributed by atoms with E-state index in [-0.39, 0.29) is 62.3 Å². The standard InChI is InChI=1S/C46H65N16O11.C5H5.Fe/c1-3-23(2)38(58-43(70)32(18-37(49)65)55-42(69)31(17-36(48)64)54-40(67)28(47)12-8-14-52-46(51)73)45(72)61-20-25(33-21-62(60-59-33)26-9-4-5-10-26)16-35(61)44(71)56-30(41(68)57-34(22-63)39(50)66)15-24-19-53-29-13-7-6-11-27(24)29;1-2-4-5-3-1;/h4-7,9-11,13,19,21,23,25,28,30-32,34-35,38,53,59-60,63H,3,8,12,14-18,20,22,47H2,1-2H3,(H2,48,64)(H2,49,65)(H2,50,66)(H,54,67)(H,55,69)(H,56,71)(H,57,68)(H,58,70)(H3,51,52,73);1-5H;/q2*-1;+2/t23-,25?,28-,30+,31-,32-,34-,35-,38-;;/m0../s1. The summed E-state index contributed by atoms with van der Waals surface area (Å²) in [5.74, 6) is -9.78. The van der Waals surface area contributed by atoms with Gasteiger partial charge in [-0.3, -0.25) is 43.2 Å². The number of hydrogen-bond donors (Lipinski definition) is 15. The Labute approximate surface area is 465 Å². The molecule has 2 aliphatic rings. The Balaban J connectivity index is 0.00000212. The summed E-state index contributed by atoms with van der Waals surface area (Å²) in [5, 5.41) is 27.1. The maximum absolute atomic E-state index is 15.1. The molecule has 27 nitrogen and oxygen atoms in total. The topological polar surface area (TPSA) is 440 Å². The van der Waals surface area contributed by atoms with Gasteiger partial charge in [0, 0.05) is 54.4 Å². The van der Waals surface area contributed by atoms with E-state index in [0.29, 0.717) is 11.3 Å². The van der Waals surface area contributed by atoms with E-state index < -0.39 is 133 Å². The number of carbonyl (C=O) groups excluding carboxylic acids is 10. The second kappa shape index (κ2) is 30.6. The predicted molar refractivity (Wildman–Crippen MR) is 284 cm³/mol. The summed E-state index contributed by atoms with van der Waals surface area (Å²) in [6.45, 7) is 2.56. The van der Waals surface area contributed by atoms with Crippen molar-refractivity contribution in [1.29, 1.82) is 0 Å². The third kappa shape index (κ3) is 18.4. The fraction of sp³-hybridized carbons (Fsp3) is 0.412. The number of hydrogen-bond acceptors (Lipinski definition) is 15. The van der Waals surface area contributed by atoms with Gasteiger partial charge in [0.25, 0.3) is 0 Å². The summed E-state index contributed by atoms with van der Waals surface area (Å²) in [4.78, 5) is 137. The normalized spacial score (nSPS) is 17.2. The molecular formula is C51H70FeN16O11. The molecule has 4 aromatic rings. The summed E-state index contributed by atoms with van der Waals surface area (Å²) >= 11 is 0. The number of anilines is 1. The number of fused-ring (bicyclic) bond motifs is 1. The van der Waals surface area contributed by atoms with Gasteiger partial charge in [0.15, 0.2) is 0 Å². The molecule has 0 saturated carbocycles. The number of hydrazine groups is 2. The first kappa shape index (κ1) is 63.2. The number of urea groups is 1. The van der Waals surface area contributed by atoms with E-state index in [9.17, 15) is 48.3 Å². The Morgan fingerprint density at radius 2 is 1.42 bits per heavy atom. The number of rotatable bonds is 27. The average molecular weight is 1140 g/mol. The van der Waals surface area contributed by atoms with Crippen LogP contribution in [0.1, 0.15) is 57.9 Å². The second-order valence-electron chi connectivity index (χ2n) is 18.9. The molecule has 11 amide bonds. The Kier molecular flexibility index (Phi) is 24.5. The van der Waals surface area contributed by atoms with Gasteiger partial charge in [0.2, 0.25) is 53.2 Å². The summed E-state index contributed by atoms with van der Waals surface area (Å²) in [5.41, 5.74) is 36.2. The zero-order valence-corrected chi connectivity index (χ0v) is 44.7. The van der Waals surface area contributed by atoms with Crippen molar-refractivity contribution in [2.45, 2.75) is 101 Å². The molecule has 1 fully saturated rings. The number of aromatic amines is 1. The number of aromatic nitrogens is 1. The van der Waals surface area contributed by atoms with Gasteiger partial charge in [-0.25, -0.2) is 16.9 Å². The maximum Gasteiger partial charge on any atom is 2.00 e. The van der Waals surface area contributed by atoms with Gasteiger partial charge < -0.3 is 86.0 Å². The Morgan fingerprint density at radius 1 is 0.785 bits per heavy atom. The maximum atomic E-state index is 15.1. The van der Waals surface area contributed by atoms with E-state index in [0.717, 1.165) is 16.6 Å². The molecule has 79 heavy (non-hydrogen) atoms. The molecule has 0 aliphatic carbocycles. The quantitative estimate of drug-likeness (QED) is 0.0160. The first-order valence-electron chi connectivity index (χ1n) is 25.2. The van der Waals surface area contributed by atoms with Crippen LogP contribution in [0.3, 0.4) is 0 Å². The van der Waals surface area contributed by atoms with Crippen LogP contribution in [0, 0.1) is 11.8 Å². The third-order valence-corrected chi connectivity index (χ3v) is 13.2. The van der Waals surface area contributed by atoms with Gasteiger partial charge in [-0.2, -0.15) is 48.0 Å². The van der Waals surface area contributed by atoms with Crippen molar-refractivity contribution in [1.82, 2.24) is 52.7 Å². The Morgan fingerprint density at radius 3 is 2.00 bits per heavy atom. The minimum Gasteiger partial charge on any atom is -0.394 e. The monoisotopic (exact) mass is 1140 g/mol. The molecule has 28 heteroatoms. The molecule has 0 spiro atoms. The fourth-order valence-corrected chi connectivity index (χ4v) is 8.70. The van der Waals surface area contributed by atoms with Crippen molar-refractivity contribution in [3.63, 3.8) is 0 Å². The number of likely N-dealkylation sites (tertiary alicyclic amines) is 1. The van der Waals surface area contributed by atoms with Crippen molar-refractivity contribution in [2.24, 2.45) is 40.5 Å². The van der Waals surface area contributed by atoms with Crippen LogP contribution in [0.2, 0.25) is 0 Å². The molecule has 2 aliphatic heterocycles. The number of nitrogens with one attached hydrogen (secondary N) is 9. The summed E-state index contributed by atoms with van der Waals surface area (Å²) < 4.78 is 0. The average Bonchev–Trinajstić information content (AvgIpc) is 4.30. The molecule has 3 heterocycles. The molecule has 1 unspecified atom stereocenters. The van der Waals surface area contributed by atoms with Gasteiger partial charge in [-0.05, 0) is 36.8 Å². The minimum absolute atomic E-state index is 0. The van der Waals surface area contributed by atoms with Gasteiger partial charge in [0.1, 0.15) is 36.3 Å². The predicted octanol–water partition coefficient (Wildman–Crippen LogP) is -3.11. The molecule has 428 valence electrons.